The Morgan fingerprint density at radius 1 is 1.35 bits per heavy atom. The first-order chi connectivity index (χ1) is 8.35. The molecule has 0 saturated carbocycles. The van der Waals surface area contributed by atoms with E-state index in [9.17, 15) is 4.79 Å². The predicted molar refractivity (Wildman–Crippen MR) is 68.2 cm³/mol. The molecule has 0 fully saturated rings. The molecular weight excluding hydrogens is 212 g/mol. The van der Waals surface area contributed by atoms with E-state index in [0.717, 1.165) is 30.3 Å². The smallest absolute Gasteiger partial charge is 0.152 e. The van der Waals surface area contributed by atoms with E-state index in [1.807, 2.05) is 18.2 Å². The van der Waals surface area contributed by atoms with Crippen LogP contribution in [0.4, 0.5) is 0 Å². The molecule has 0 aliphatic heterocycles. The Labute approximate surface area is 101 Å². The molecule has 0 saturated heterocycles. The summed E-state index contributed by atoms with van der Waals surface area (Å²) in [6, 6.07) is 5.61. The molecule has 0 unspecified atom stereocenters. The van der Waals surface area contributed by atoms with Crippen molar-refractivity contribution in [3.05, 3.63) is 35.7 Å². The summed E-state index contributed by atoms with van der Waals surface area (Å²) < 4.78 is 0. The second-order valence-corrected chi connectivity index (χ2v) is 4.15. The van der Waals surface area contributed by atoms with Gasteiger partial charge in [-0.15, -0.1) is 0 Å². The molecule has 0 amide bonds. The van der Waals surface area contributed by atoms with Gasteiger partial charge in [0.25, 0.3) is 0 Å². The van der Waals surface area contributed by atoms with Crippen LogP contribution >= 0.6 is 0 Å². The Kier molecular flexibility index (Phi) is 3.81. The fourth-order valence-corrected chi connectivity index (χ4v) is 1.92. The predicted octanol–water partition coefficient (Wildman–Crippen LogP) is 3.18. The number of hydrogen-bond donors (Lipinski definition) is 0. The summed E-state index contributed by atoms with van der Waals surface area (Å²) in [5.74, 6) is 0. The molecule has 2 aromatic heterocycles. The molecule has 2 aromatic rings. The van der Waals surface area contributed by atoms with Crippen LogP contribution in [0, 0.1) is 0 Å². The van der Waals surface area contributed by atoms with Crippen LogP contribution in [0.25, 0.3) is 11.0 Å². The van der Waals surface area contributed by atoms with Crippen LogP contribution in [0.1, 0.15) is 42.2 Å². The van der Waals surface area contributed by atoms with Gasteiger partial charge in [-0.3, -0.25) is 14.8 Å². The normalized spacial score (nSPS) is 10.6. The van der Waals surface area contributed by atoms with Gasteiger partial charge in [-0.2, -0.15) is 0 Å². The maximum Gasteiger partial charge on any atom is 0.152 e. The third kappa shape index (κ3) is 2.67. The Hall–Kier alpha value is -1.77. The van der Waals surface area contributed by atoms with Crippen molar-refractivity contribution < 1.29 is 4.79 Å². The van der Waals surface area contributed by atoms with E-state index in [2.05, 4.69) is 16.9 Å². The zero-order valence-corrected chi connectivity index (χ0v) is 10.0. The van der Waals surface area contributed by atoms with Crippen molar-refractivity contribution in [3.8, 4) is 0 Å². The molecule has 0 radical (unpaired) electrons. The molecule has 0 N–H and O–H groups in total. The number of unbranched alkanes of at least 4 members (excludes halogenated alkanes) is 2. The number of aromatic nitrogens is 2. The average molecular weight is 228 g/mol. The lowest BCUT2D eigenvalue weighted by molar-refractivity contribution is 0.112. The average Bonchev–Trinajstić information content (AvgIpc) is 2.38. The highest BCUT2D eigenvalue weighted by Gasteiger charge is 2.05. The van der Waals surface area contributed by atoms with Crippen molar-refractivity contribution in [2.75, 3.05) is 0 Å². The Morgan fingerprint density at radius 2 is 2.24 bits per heavy atom. The molecule has 0 bridgehead atoms. The van der Waals surface area contributed by atoms with Crippen LogP contribution in [-0.2, 0) is 6.42 Å². The van der Waals surface area contributed by atoms with Crippen LogP contribution in [0.2, 0.25) is 0 Å². The fourth-order valence-electron chi connectivity index (χ4n) is 1.92. The van der Waals surface area contributed by atoms with Gasteiger partial charge in [0.15, 0.2) is 6.29 Å². The van der Waals surface area contributed by atoms with Crippen LogP contribution in [-0.4, -0.2) is 16.3 Å². The number of nitrogens with zero attached hydrogens (tertiary/aromatic N) is 2. The fraction of sp³-hybridized carbons (Fsp3) is 0.357. The number of pyridine rings is 2. The van der Waals surface area contributed by atoms with Gasteiger partial charge < -0.3 is 0 Å². The Balaban J connectivity index is 2.35. The highest BCUT2D eigenvalue weighted by Crippen LogP contribution is 2.15. The topological polar surface area (TPSA) is 42.9 Å². The van der Waals surface area contributed by atoms with E-state index in [0.29, 0.717) is 11.1 Å². The van der Waals surface area contributed by atoms with E-state index < -0.39 is 0 Å². The first kappa shape index (κ1) is 11.7. The van der Waals surface area contributed by atoms with Crippen molar-refractivity contribution in [1.82, 2.24) is 9.97 Å². The van der Waals surface area contributed by atoms with Gasteiger partial charge in [0.2, 0.25) is 0 Å². The van der Waals surface area contributed by atoms with E-state index in [1.54, 1.807) is 6.20 Å². The summed E-state index contributed by atoms with van der Waals surface area (Å²) in [6.45, 7) is 2.18. The van der Waals surface area contributed by atoms with Gasteiger partial charge in [0.1, 0.15) is 0 Å². The van der Waals surface area contributed by atoms with Crippen molar-refractivity contribution in [2.45, 2.75) is 32.6 Å². The highest BCUT2D eigenvalue weighted by molar-refractivity contribution is 5.93. The number of aryl methyl sites for hydroxylation is 1. The van der Waals surface area contributed by atoms with Crippen LogP contribution in [0.3, 0.4) is 0 Å². The quantitative estimate of drug-likeness (QED) is 0.583. The molecule has 17 heavy (non-hydrogen) atoms. The van der Waals surface area contributed by atoms with E-state index >= 15 is 0 Å². The largest absolute Gasteiger partial charge is 0.298 e. The maximum absolute atomic E-state index is 11.0. The summed E-state index contributed by atoms with van der Waals surface area (Å²) in [7, 11) is 0. The lowest BCUT2D eigenvalue weighted by Crippen LogP contribution is -1.96. The van der Waals surface area contributed by atoms with E-state index in [4.69, 9.17) is 0 Å². The monoisotopic (exact) mass is 228 g/mol. The first-order valence-corrected chi connectivity index (χ1v) is 6.05. The van der Waals surface area contributed by atoms with Crippen molar-refractivity contribution in [2.24, 2.45) is 0 Å². The summed E-state index contributed by atoms with van der Waals surface area (Å²) in [5.41, 5.74) is 3.13. The summed E-state index contributed by atoms with van der Waals surface area (Å²) in [6.07, 6.45) is 6.99. The molecule has 3 heteroatoms. The SMILES string of the molecule is CCCCCc1cc(C=O)c2ncccc2n1. The summed E-state index contributed by atoms with van der Waals surface area (Å²) >= 11 is 0. The number of carbonyl (C=O) groups is 1. The second-order valence-electron chi connectivity index (χ2n) is 4.15. The van der Waals surface area contributed by atoms with Crippen LogP contribution in [0.15, 0.2) is 24.4 Å². The Morgan fingerprint density at radius 3 is 3.00 bits per heavy atom. The minimum Gasteiger partial charge on any atom is -0.298 e. The zero-order valence-electron chi connectivity index (χ0n) is 10.0. The lowest BCUT2D eigenvalue weighted by Gasteiger charge is -2.04. The number of aldehydes is 1. The number of rotatable bonds is 5. The minimum atomic E-state index is 0.641. The van der Waals surface area contributed by atoms with Gasteiger partial charge in [0.05, 0.1) is 11.0 Å². The van der Waals surface area contributed by atoms with Gasteiger partial charge in [-0.05, 0) is 31.0 Å². The van der Waals surface area contributed by atoms with E-state index in [1.165, 1.54) is 12.8 Å². The molecule has 3 nitrogen and oxygen atoms in total. The molecule has 2 rings (SSSR count). The van der Waals surface area contributed by atoms with Gasteiger partial charge in [-0.25, -0.2) is 0 Å². The third-order valence-electron chi connectivity index (χ3n) is 2.81. The summed E-state index contributed by atoms with van der Waals surface area (Å²) in [5, 5.41) is 0. The minimum absolute atomic E-state index is 0.641. The number of fused-ring (bicyclic) bond motifs is 1. The van der Waals surface area contributed by atoms with Crippen molar-refractivity contribution >= 4 is 17.3 Å². The highest BCUT2D eigenvalue weighted by atomic mass is 16.1. The molecule has 0 atom stereocenters. The first-order valence-electron chi connectivity index (χ1n) is 6.05. The van der Waals surface area contributed by atoms with Gasteiger partial charge in [-0.1, -0.05) is 19.8 Å². The second kappa shape index (κ2) is 5.53. The third-order valence-corrected chi connectivity index (χ3v) is 2.81. The molecule has 2 heterocycles. The van der Waals surface area contributed by atoms with E-state index in [-0.39, 0.29) is 0 Å². The lowest BCUT2D eigenvalue weighted by atomic mass is 10.1. The van der Waals surface area contributed by atoms with Gasteiger partial charge in [0, 0.05) is 17.5 Å². The number of carbonyl (C=O) groups excluding carboxylic acids is 1. The summed E-state index contributed by atoms with van der Waals surface area (Å²) in [4.78, 5) is 19.8. The maximum atomic E-state index is 11.0. The van der Waals surface area contributed by atoms with Crippen LogP contribution < -0.4 is 0 Å². The molecule has 0 aliphatic carbocycles. The molecule has 0 aromatic carbocycles. The molecule has 0 spiro atoms. The van der Waals surface area contributed by atoms with Crippen molar-refractivity contribution in [3.63, 3.8) is 0 Å². The zero-order chi connectivity index (χ0) is 12.1. The molecular formula is C14H16N2O. The van der Waals surface area contributed by atoms with Gasteiger partial charge >= 0.3 is 0 Å². The standard InChI is InChI=1S/C14H16N2O/c1-2-3-4-6-12-9-11(10-17)14-13(16-12)7-5-8-15-14/h5,7-10H,2-4,6H2,1H3. The number of hydrogen-bond acceptors (Lipinski definition) is 3. The van der Waals surface area contributed by atoms with Crippen LogP contribution in [0.5, 0.6) is 0 Å². The van der Waals surface area contributed by atoms with Crippen molar-refractivity contribution in [1.29, 1.82) is 0 Å². The Bertz CT molecular complexity index is 523. The molecule has 88 valence electrons. The molecule has 0 aliphatic rings.